The van der Waals surface area contributed by atoms with E-state index in [1.807, 2.05) is 6.92 Å². The van der Waals surface area contributed by atoms with Crippen molar-refractivity contribution in [2.24, 2.45) is 11.8 Å². The van der Waals surface area contributed by atoms with Crippen LogP contribution in [0.4, 0.5) is 0 Å². The molecule has 86 valence electrons. The molecule has 0 spiro atoms. The lowest BCUT2D eigenvalue weighted by molar-refractivity contribution is -0.0873. The molecule has 0 aromatic rings. The van der Waals surface area contributed by atoms with Gasteiger partial charge in [-0.15, -0.1) is 0 Å². The van der Waals surface area contributed by atoms with Gasteiger partial charge in [0.2, 0.25) is 0 Å². The summed E-state index contributed by atoms with van der Waals surface area (Å²) in [4.78, 5) is 0. The molecule has 0 radical (unpaired) electrons. The van der Waals surface area contributed by atoms with Crippen molar-refractivity contribution in [3.05, 3.63) is 0 Å². The molecule has 0 rings (SSSR count). The van der Waals surface area contributed by atoms with Crippen LogP contribution in [-0.2, 0) is 0 Å². The minimum Gasteiger partial charge on any atom is -0.368 e. The zero-order valence-electron chi connectivity index (χ0n) is 9.87. The average Bonchev–Trinajstić information content (AvgIpc) is 2.18. The van der Waals surface area contributed by atoms with E-state index in [2.05, 4.69) is 13.8 Å². The fourth-order valence-electron chi connectivity index (χ4n) is 1.93. The van der Waals surface area contributed by atoms with Gasteiger partial charge in [0.1, 0.15) is 0 Å². The monoisotopic (exact) mass is 202 g/mol. The van der Waals surface area contributed by atoms with E-state index < -0.39 is 6.29 Å². The largest absolute Gasteiger partial charge is 0.368 e. The summed E-state index contributed by atoms with van der Waals surface area (Å²) in [5.74, 6) is 0.896. The van der Waals surface area contributed by atoms with Crippen LogP contribution in [0, 0.1) is 11.8 Å². The second-order valence-electron chi connectivity index (χ2n) is 4.20. The van der Waals surface area contributed by atoms with E-state index in [0.717, 1.165) is 25.2 Å². The van der Waals surface area contributed by atoms with Crippen LogP contribution in [0.25, 0.3) is 0 Å². The Morgan fingerprint density at radius 3 is 1.79 bits per heavy atom. The minimum atomic E-state index is -1.12. The summed E-state index contributed by atoms with van der Waals surface area (Å²) in [7, 11) is 0. The molecule has 0 bridgehead atoms. The predicted octanol–water partition coefficient (Wildman–Crippen LogP) is 2.93. The molecule has 0 aliphatic heterocycles. The molecule has 14 heavy (non-hydrogen) atoms. The lowest BCUT2D eigenvalue weighted by Gasteiger charge is -2.18. The van der Waals surface area contributed by atoms with Crippen LogP contribution < -0.4 is 0 Å². The van der Waals surface area contributed by atoms with Gasteiger partial charge in [0.05, 0.1) is 0 Å². The number of hydrogen-bond donors (Lipinski definition) is 2. The van der Waals surface area contributed by atoms with E-state index in [0.29, 0.717) is 0 Å². The van der Waals surface area contributed by atoms with Gasteiger partial charge in [0.15, 0.2) is 6.29 Å². The molecule has 1 atom stereocenters. The van der Waals surface area contributed by atoms with Gasteiger partial charge < -0.3 is 10.2 Å². The first kappa shape index (κ1) is 13.9. The lowest BCUT2D eigenvalue weighted by atomic mass is 9.92. The molecule has 0 aliphatic carbocycles. The average molecular weight is 202 g/mol. The van der Waals surface area contributed by atoms with E-state index in [1.54, 1.807) is 0 Å². The molecule has 1 unspecified atom stereocenters. The van der Waals surface area contributed by atoms with Crippen molar-refractivity contribution in [1.29, 1.82) is 0 Å². The topological polar surface area (TPSA) is 40.5 Å². The Morgan fingerprint density at radius 1 is 0.857 bits per heavy atom. The predicted molar refractivity (Wildman–Crippen MR) is 59.9 cm³/mol. The molecule has 0 aromatic carbocycles. The van der Waals surface area contributed by atoms with Gasteiger partial charge in [-0.2, -0.15) is 0 Å². The molecule has 0 fully saturated rings. The van der Waals surface area contributed by atoms with E-state index >= 15 is 0 Å². The number of hydrogen-bond acceptors (Lipinski definition) is 2. The fraction of sp³-hybridized carbons (Fsp3) is 1.00. The smallest absolute Gasteiger partial charge is 0.154 e. The van der Waals surface area contributed by atoms with Crippen molar-refractivity contribution in [3.8, 4) is 0 Å². The van der Waals surface area contributed by atoms with Gasteiger partial charge in [-0.3, -0.25) is 0 Å². The van der Waals surface area contributed by atoms with E-state index in [9.17, 15) is 0 Å². The Kier molecular flexibility index (Phi) is 8.20. The second kappa shape index (κ2) is 8.25. The minimum absolute atomic E-state index is 0.0735. The third-order valence-electron chi connectivity index (χ3n) is 3.29. The Morgan fingerprint density at radius 2 is 1.43 bits per heavy atom. The highest BCUT2D eigenvalue weighted by atomic mass is 16.5. The summed E-state index contributed by atoms with van der Waals surface area (Å²) in [6, 6.07) is 0. The SMILES string of the molecule is CCC(CC)CCCC(CC)C(O)O. The van der Waals surface area contributed by atoms with Gasteiger partial charge >= 0.3 is 0 Å². The summed E-state index contributed by atoms with van der Waals surface area (Å²) in [6.07, 6.45) is 5.54. The van der Waals surface area contributed by atoms with Crippen LogP contribution in [-0.4, -0.2) is 16.5 Å². The van der Waals surface area contributed by atoms with Crippen molar-refractivity contribution in [3.63, 3.8) is 0 Å². The first-order valence-corrected chi connectivity index (χ1v) is 6.01. The number of rotatable bonds is 8. The zero-order chi connectivity index (χ0) is 11.0. The fourth-order valence-corrected chi connectivity index (χ4v) is 1.93. The second-order valence-corrected chi connectivity index (χ2v) is 4.20. The normalized spacial score (nSPS) is 13.9. The van der Waals surface area contributed by atoms with Gasteiger partial charge in [0, 0.05) is 5.92 Å². The molecule has 0 aliphatic rings. The molecule has 0 aromatic heterocycles. The Labute approximate surface area is 88.3 Å². The van der Waals surface area contributed by atoms with Gasteiger partial charge in [0.25, 0.3) is 0 Å². The third kappa shape index (κ3) is 5.61. The molecular weight excluding hydrogens is 176 g/mol. The number of aliphatic hydroxyl groups is 2. The zero-order valence-corrected chi connectivity index (χ0v) is 9.87. The van der Waals surface area contributed by atoms with Crippen molar-refractivity contribution in [2.45, 2.75) is 65.6 Å². The van der Waals surface area contributed by atoms with E-state index in [1.165, 1.54) is 19.3 Å². The van der Waals surface area contributed by atoms with Crippen LogP contribution in [0.15, 0.2) is 0 Å². The molecule has 0 heterocycles. The van der Waals surface area contributed by atoms with Crippen molar-refractivity contribution in [2.75, 3.05) is 0 Å². The van der Waals surface area contributed by atoms with Crippen LogP contribution >= 0.6 is 0 Å². The van der Waals surface area contributed by atoms with Crippen LogP contribution in [0.3, 0.4) is 0 Å². The summed E-state index contributed by atoms with van der Waals surface area (Å²) in [5, 5.41) is 18.1. The summed E-state index contributed by atoms with van der Waals surface area (Å²) < 4.78 is 0. The van der Waals surface area contributed by atoms with Gasteiger partial charge in [-0.1, -0.05) is 46.5 Å². The number of aliphatic hydroxyl groups excluding tert-OH is 1. The molecule has 2 nitrogen and oxygen atoms in total. The first-order valence-electron chi connectivity index (χ1n) is 6.01. The molecule has 0 amide bonds. The van der Waals surface area contributed by atoms with Crippen molar-refractivity contribution >= 4 is 0 Å². The van der Waals surface area contributed by atoms with E-state index in [4.69, 9.17) is 10.2 Å². The lowest BCUT2D eigenvalue weighted by Crippen LogP contribution is -2.19. The Balaban J connectivity index is 3.59. The Bertz CT molecular complexity index is 119. The molecule has 0 saturated heterocycles. The quantitative estimate of drug-likeness (QED) is 0.594. The highest BCUT2D eigenvalue weighted by molar-refractivity contribution is 4.61. The van der Waals surface area contributed by atoms with Crippen LogP contribution in [0.2, 0.25) is 0 Å². The molecule has 2 heteroatoms. The molecule has 2 N–H and O–H groups in total. The highest BCUT2D eigenvalue weighted by Gasteiger charge is 2.14. The van der Waals surface area contributed by atoms with Crippen LogP contribution in [0.1, 0.15) is 59.3 Å². The standard InChI is InChI=1S/C12H26O2/c1-4-10(5-2)8-7-9-11(6-3)12(13)14/h10-14H,4-9H2,1-3H3. The van der Waals surface area contributed by atoms with Crippen LogP contribution in [0.5, 0.6) is 0 Å². The Hall–Kier alpha value is -0.0800. The molecule has 0 saturated carbocycles. The maximum absolute atomic E-state index is 9.05. The van der Waals surface area contributed by atoms with Crippen molar-refractivity contribution in [1.82, 2.24) is 0 Å². The maximum atomic E-state index is 9.05. The highest BCUT2D eigenvalue weighted by Crippen LogP contribution is 2.21. The maximum Gasteiger partial charge on any atom is 0.154 e. The van der Waals surface area contributed by atoms with Gasteiger partial charge in [-0.05, 0) is 18.8 Å². The summed E-state index contributed by atoms with van der Waals surface area (Å²) in [6.45, 7) is 6.47. The molecular formula is C12H26O2. The summed E-state index contributed by atoms with van der Waals surface area (Å²) >= 11 is 0. The summed E-state index contributed by atoms with van der Waals surface area (Å²) in [5.41, 5.74) is 0. The first-order chi connectivity index (χ1) is 6.65. The van der Waals surface area contributed by atoms with Crippen molar-refractivity contribution < 1.29 is 10.2 Å². The van der Waals surface area contributed by atoms with E-state index in [-0.39, 0.29) is 5.92 Å². The van der Waals surface area contributed by atoms with Gasteiger partial charge in [-0.25, -0.2) is 0 Å². The third-order valence-corrected chi connectivity index (χ3v) is 3.29.